The van der Waals surface area contributed by atoms with E-state index in [0.717, 1.165) is 44.9 Å². The number of hydrogen-bond donors (Lipinski definition) is 4. The van der Waals surface area contributed by atoms with Crippen LogP contribution in [0.15, 0.2) is 24.3 Å². The van der Waals surface area contributed by atoms with E-state index >= 15 is 0 Å². The molecule has 5 nitrogen and oxygen atoms in total. The van der Waals surface area contributed by atoms with Gasteiger partial charge in [-0.05, 0) is 38.5 Å². The molecule has 3 atom stereocenters. The average Bonchev–Trinajstić information content (AvgIpc) is 3.08. The van der Waals surface area contributed by atoms with Crippen LogP contribution < -0.4 is 5.32 Å². The molecule has 0 fully saturated rings. The van der Waals surface area contributed by atoms with Crippen LogP contribution in [0.2, 0.25) is 0 Å². The third-order valence-corrected chi connectivity index (χ3v) is 9.80. The monoisotopic (exact) mass is 678 g/mol. The largest absolute Gasteiger partial charge is 0.394 e. The van der Waals surface area contributed by atoms with Crippen LogP contribution in [-0.2, 0) is 4.79 Å². The topological polar surface area (TPSA) is 89.8 Å². The summed E-state index contributed by atoms with van der Waals surface area (Å²) in [5.74, 6) is -0.294. The Bertz CT molecular complexity index is 709. The van der Waals surface area contributed by atoms with Gasteiger partial charge >= 0.3 is 0 Å². The summed E-state index contributed by atoms with van der Waals surface area (Å²) < 4.78 is 0. The predicted molar refractivity (Wildman–Crippen MR) is 208 cm³/mol. The third-order valence-electron chi connectivity index (χ3n) is 9.80. The van der Waals surface area contributed by atoms with Crippen molar-refractivity contribution < 1.29 is 20.1 Å². The average molecular weight is 678 g/mol. The summed E-state index contributed by atoms with van der Waals surface area (Å²) >= 11 is 0. The normalized spacial score (nSPS) is 13.9. The summed E-state index contributed by atoms with van der Waals surface area (Å²) in [5, 5.41) is 33.3. The molecule has 48 heavy (non-hydrogen) atoms. The highest BCUT2D eigenvalue weighted by Gasteiger charge is 2.21. The number of aliphatic hydroxyl groups excluding tert-OH is 3. The molecule has 3 unspecified atom stereocenters. The van der Waals surface area contributed by atoms with E-state index in [1.807, 2.05) is 0 Å². The van der Waals surface area contributed by atoms with Crippen molar-refractivity contribution >= 4 is 5.91 Å². The Labute approximate surface area is 299 Å². The van der Waals surface area contributed by atoms with Crippen LogP contribution in [0, 0.1) is 0 Å². The molecule has 284 valence electrons. The molecule has 0 aromatic rings. The van der Waals surface area contributed by atoms with E-state index in [9.17, 15) is 20.1 Å². The number of allylic oxidation sites excluding steroid dienone is 4. The second-order valence-electron chi connectivity index (χ2n) is 14.6. The maximum absolute atomic E-state index is 12.4. The summed E-state index contributed by atoms with van der Waals surface area (Å²) in [6, 6.07) is -0.663. The van der Waals surface area contributed by atoms with Gasteiger partial charge in [0.25, 0.3) is 0 Å². The SMILES string of the molecule is CCCCC/C=C\C=C/CCCCCCC(O)CC(=O)NC(CO)C(O)CCCCCCCCCCCCCCCCCCCCCC. The number of amides is 1. The van der Waals surface area contributed by atoms with Gasteiger partial charge in [0.05, 0.1) is 31.3 Å². The maximum Gasteiger partial charge on any atom is 0.222 e. The molecule has 0 aliphatic heterocycles. The molecule has 0 bridgehead atoms. The van der Waals surface area contributed by atoms with Crippen molar-refractivity contribution in [2.75, 3.05) is 6.61 Å². The number of carbonyl (C=O) groups is 1. The second kappa shape index (κ2) is 38.6. The van der Waals surface area contributed by atoms with Crippen molar-refractivity contribution in [2.24, 2.45) is 0 Å². The van der Waals surface area contributed by atoms with Crippen LogP contribution in [0.4, 0.5) is 0 Å². The van der Waals surface area contributed by atoms with E-state index in [2.05, 4.69) is 43.5 Å². The highest BCUT2D eigenvalue weighted by molar-refractivity contribution is 5.76. The Morgan fingerprint density at radius 2 is 0.875 bits per heavy atom. The van der Waals surface area contributed by atoms with E-state index in [-0.39, 0.29) is 18.9 Å². The zero-order valence-electron chi connectivity index (χ0n) is 32.1. The number of unbranched alkanes of at least 4 members (excludes halogenated alkanes) is 26. The minimum absolute atomic E-state index is 0.0237. The molecule has 0 aromatic carbocycles. The van der Waals surface area contributed by atoms with E-state index in [1.54, 1.807) is 0 Å². The van der Waals surface area contributed by atoms with Gasteiger partial charge in [0.15, 0.2) is 0 Å². The van der Waals surface area contributed by atoms with Crippen LogP contribution in [-0.4, -0.2) is 46.1 Å². The molecular formula is C43H83NO4. The molecule has 4 N–H and O–H groups in total. The van der Waals surface area contributed by atoms with Crippen LogP contribution in [0.25, 0.3) is 0 Å². The lowest BCUT2D eigenvalue weighted by Gasteiger charge is -2.23. The van der Waals surface area contributed by atoms with Crippen molar-refractivity contribution in [3.63, 3.8) is 0 Å². The molecule has 0 radical (unpaired) electrons. The summed E-state index contributed by atoms with van der Waals surface area (Å²) in [6.45, 7) is 4.23. The molecule has 0 rings (SSSR count). The lowest BCUT2D eigenvalue weighted by atomic mass is 10.0. The van der Waals surface area contributed by atoms with Crippen LogP contribution in [0.5, 0.6) is 0 Å². The molecule has 0 aromatic heterocycles. The third kappa shape index (κ3) is 34.7. The van der Waals surface area contributed by atoms with Crippen LogP contribution >= 0.6 is 0 Å². The van der Waals surface area contributed by atoms with Crippen molar-refractivity contribution in [3.05, 3.63) is 24.3 Å². The molecular weight excluding hydrogens is 594 g/mol. The Balaban J connectivity index is 3.63. The molecule has 0 heterocycles. The molecule has 0 aliphatic rings. The van der Waals surface area contributed by atoms with Gasteiger partial charge in [0.1, 0.15) is 0 Å². The molecule has 0 spiro atoms. The Hall–Kier alpha value is -1.17. The first-order valence-corrected chi connectivity index (χ1v) is 21.1. The smallest absolute Gasteiger partial charge is 0.222 e. The Morgan fingerprint density at radius 1 is 0.521 bits per heavy atom. The fourth-order valence-electron chi connectivity index (χ4n) is 6.51. The number of aliphatic hydroxyl groups is 3. The number of nitrogens with one attached hydrogen (secondary N) is 1. The quantitative estimate of drug-likeness (QED) is 0.0387. The molecule has 0 saturated heterocycles. The van der Waals surface area contributed by atoms with E-state index in [4.69, 9.17) is 0 Å². The zero-order valence-corrected chi connectivity index (χ0v) is 32.1. The van der Waals surface area contributed by atoms with E-state index in [1.165, 1.54) is 141 Å². The predicted octanol–water partition coefficient (Wildman–Crippen LogP) is 11.8. The second-order valence-corrected chi connectivity index (χ2v) is 14.6. The lowest BCUT2D eigenvalue weighted by Crippen LogP contribution is -2.46. The first-order valence-electron chi connectivity index (χ1n) is 21.1. The van der Waals surface area contributed by atoms with Gasteiger partial charge < -0.3 is 20.6 Å². The van der Waals surface area contributed by atoms with Gasteiger partial charge in [-0.25, -0.2) is 0 Å². The van der Waals surface area contributed by atoms with Crippen molar-refractivity contribution in [1.82, 2.24) is 5.32 Å². The summed E-state index contributed by atoms with van der Waals surface area (Å²) in [7, 11) is 0. The molecule has 1 amide bonds. The summed E-state index contributed by atoms with van der Waals surface area (Å²) in [5.41, 5.74) is 0. The fraction of sp³-hybridized carbons (Fsp3) is 0.884. The minimum atomic E-state index is -0.753. The standard InChI is InChI=1S/C43H83NO4/c1-3-5-7-9-11-13-15-17-18-19-20-21-22-23-25-27-29-31-33-35-37-42(47)41(39-45)44-43(48)38-40(46)36-34-32-30-28-26-24-16-14-12-10-8-6-4-2/h12,14,16,24,40-42,45-47H,3-11,13,15,17-23,25-39H2,1-2H3,(H,44,48)/b14-12-,24-16-. The number of rotatable bonds is 38. The minimum Gasteiger partial charge on any atom is -0.394 e. The maximum atomic E-state index is 12.4. The summed E-state index contributed by atoms with van der Waals surface area (Å²) in [6.07, 6.45) is 45.7. The summed E-state index contributed by atoms with van der Waals surface area (Å²) in [4.78, 5) is 12.4. The highest BCUT2D eigenvalue weighted by atomic mass is 16.3. The highest BCUT2D eigenvalue weighted by Crippen LogP contribution is 2.16. The van der Waals surface area contributed by atoms with Crippen LogP contribution in [0.3, 0.4) is 0 Å². The fourth-order valence-corrected chi connectivity index (χ4v) is 6.51. The van der Waals surface area contributed by atoms with Crippen LogP contribution in [0.1, 0.15) is 219 Å². The first kappa shape index (κ1) is 46.8. The first-order chi connectivity index (χ1) is 23.5. The van der Waals surface area contributed by atoms with Gasteiger partial charge in [0.2, 0.25) is 5.91 Å². The van der Waals surface area contributed by atoms with Gasteiger partial charge in [-0.15, -0.1) is 0 Å². The number of carbonyl (C=O) groups excluding carboxylic acids is 1. The van der Waals surface area contributed by atoms with Crippen molar-refractivity contribution in [1.29, 1.82) is 0 Å². The zero-order chi connectivity index (χ0) is 35.2. The Kier molecular flexibility index (Phi) is 37.7. The number of hydrogen-bond acceptors (Lipinski definition) is 4. The van der Waals surface area contributed by atoms with Crippen molar-refractivity contribution in [3.8, 4) is 0 Å². The van der Waals surface area contributed by atoms with Crippen molar-refractivity contribution in [2.45, 2.75) is 238 Å². The van der Waals surface area contributed by atoms with Gasteiger partial charge in [-0.1, -0.05) is 199 Å². The van der Waals surface area contributed by atoms with Gasteiger partial charge in [0, 0.05) is 0 Å². The van der Waals surface area contributed by atoms with E-state index < -0.39 is 18.2 Å². The Morgan fingerprint density at radius 3 is 1.31 bits per heavy atom. The molecule has 0 aliphatic carbocycles. The van der Waals surface area contributed by atoms with Gasteiger partial charge in [-0.2, -0.15) is 0 Å². The lowest BCUT2D eigenvalue weighted by molar-refractivity contribution is -0.125. The van der Waals surface area contributed by atoms with Gasteiger partial charge in [-0.3, -0.25) is 4.79 Å². The molecule has 5 heteroatoms. The van der Waals surface area contributed by atoms with E-state index in [0.29, 0.717) is 12.8 Å². The molecule has 0 saturated carbocycles.